The Bertz CT molecular complexity index is 362. The van der Waals surface area contributed by atoms with Gasteiger partial charge in [0.15, 0.2) is 5.78 Å². The average molecular weight is 254 g/mol. The lowest BCUT2D eigenvalue weighted by atomic mass is 10.1. The van der Waals surface area contributed by atoms with Crippen LogP contribution in [-0.2, 0) is 16.0 Å². The van der Waals surface area contributed by atoms with Gasteiger partial charge in [-0.25, -0.2) is 4.98 Å². The van der Waals surface area contributed by atoms with E-state index in [1.54, 1.807) is 13.1 Å². The standard InChI is InChI=1S/C10H16N4O2.C2H6/c1-6(7(2)15)14-10(16)9(11)3-8-4-12-5-13-8;1-2/h4-6,9H,3,11H2,1-2H3,(H,12,13)(H,14,16);1-2H3. The number of hydrogen-bond donors (Lipinski definition) is 3. The van der Waals surface area contributed by atoms with E-state index in [2.05, 4.69) is 15.3 Å². The molecule has 1 rings (SSSR count). The normalized spacial score (nSPS) is 12.9. The zero-order chi connectivity index (χ0) is 14.1. The molecule has 6 heteroatoms. The molecule has 0 aliphatic rings. The maximum absolute atomic E-state index is 11.6. The van der Waals surface area contributed by atoms with E-state index < -0.39 is 12.1 Å². The lowest BCUT2D eigenvalue weighted by molar-refractivity contribution is -0.127. The Labute approximate surface area is 107 Å². The van der Waals surface area contributed by atoms with Gasteiger partial charge in [0, 0.05) is 18.3 Å². The summed E-state index contributed by atoms with van der Waals surface area (Å²) in [5.74, 6) is -0.431. The molecular formula is C12H22N4O2. The molecule has 0 spiro atoms. The predicted molar refractivity (Wildman–Crippen MR) is 69.9 cm³/mol. The number of amides is 1. The summed E-state index contributed by atoms with van der Waals surface area (Å²) in [5, 5.41) is 2.54. The number of nitrogens with one attached hydrogen (secondary N) is 2. The molecule has 1 heterocycles. The lowest BCUT2D eigenvalue weighted by Gasteiger charge is -2.14. The second-order valence-corrected chi connectivity index (χ2v) is 3.73. The maximum Gasteiger partial charge on any atom is 0.237 e. The number of carbonyl (C=O) groups excluding carboxylic acids is 2. The molecular weight excluding hydrogens is 232 g/mol. The number of nitrogens with two attached hydrogens (primary N) is 1. The minimum Gasteiger partial charge on any atom is -0.348 e. The Kier molecular flexibility index (Phi) is 7.62. The van der Waals surface area contributed by atoms with Crippen LogP contribution in [0, 0.1) is 0 Å². The van der Waals surface area contributed by atoms with Crippen molar-refractivity contribution in [2.24, 2.45) is 5.73 Å². The molecule has 1 aromatic heterocycles. The minimum atomic E-state index is -0.678. The molecule has 0 bridgehead atoms. The van der Waals surface area contributed by atoms with Gasteiger partial charge in [-0.2, -0.15) is 0 Å². The highest BCUT2D eigenvalue weighted by atomic mass is 16.2. The van der Waals surface area contributed by atoms with Gasteiger partial charge in [-0.1, -0.05) is 13.8 Å². The smallest absolute Gasteiger partial charge is 0.237 e. The minimum absolute atomic E-state index is 0.0953. The third kappa shape index (κ3) is 5.58. The molecule has 102 valence electrons. The SMILES string of the molecule is CC.CC(=O)C(C)NC(=O)C(N)Cc1cnc[nH]1. The van der Waals surface area contributed by atoms with Crippen molar-refractivity contribution in [3.8, 4) is 0 Å². The van der Waals surface area contributed by atoms with Crippen molar-refractivity contribution in [3.05, 3.63) is 18.2 Å². The van der Waals surface area contributed by atoms with E-state index in [4.69, 9.17) is 5.73 Å². The van der Waals surface area contributed by atoms with Crippen LogP contribution in [0.3, 0.4) is 0 Å². The van der Waals surface area contributed by atoms with Crippen LogP contribution in [0.4, 0.5) is 0 Å². The van der Waals surface area contributed by atoms with Gasteiger partial charge in [0.2, 0.25) is 5.91 Å². The molecule has 6 nitrogen and oxygen atoms in total. The van der Waals surface area contributed by atoms with Gasteiger partial charge < -0.3 is 16.0 Å². The summed E-state index contributed by atoms with van der Waals surface area (Å²) in [6.45, 7) is 7.05. The summed E-state index contributed by atoms with van der Waals surface area (Å²) in [7, 11) is 0. The quantitative estimate of drug-likeness (QED) is 0.708. The van der Waals surface area contributed by atoms with E-state index in [1.165, 1.54) is 13.3 Å². The van der Waals surface area contributed by atoms with Crippen LogP contribution < -0.4 is 11.1 Å². The Morgan fingerprint density at radius 2 is 2.11 bits per heavy atom. The van der Waals surface area contributed by atoms with Crippen molar-refractivity contribution in [2.75, 3.05) is 0 Å². The van der Waals surface area contributed by atoms with Crippen molar-refractivity contribution < 1.29 is 9.59 Å². The fraction of sp³-hybridized carbons (Fsp3) is 0.583. The van der Waals surface area contributed by atoms with E-state index in [1.807, 2.05) is 13.8 Å². The first kappa shape index (κ1) is 16.3. The molecule has 18 heavy (non-hydrogen) atoms. The second-order valence-electron chi connectivity index (χ2n) is 3.73. The van der Waals surface area contributed by atoms with Crippen LogP contribution >= 0.6 is 0 Å². The largest absolute Gasteiger partial charge is 0.348 e. The fourth-order valence-corrected chi connectivity index (χ4v) is 1.15. The molecule has 0 saturated carbocycles. The Morgan fingerprint density at radius 3 is 2.56 bits per heavy atom. The number of aromatic nitrogens is 2. The molecule has 0 fully saturated rings. The molecule has 2 atom stereocenters. The third-order valence-electron chi connectivity index (χ3n) is 2.30. The van der Waals surface area contributed by atoms with Gasteiger partial charge in [-0.15, -0.1) is 0 Å². The van der Waals surface area contributed by atoms with Crippen molar-refractivity contribution in [1.82, 2.24) is 15.3 Å². The van der Waals surface area contributed by atoms with E-state index >= 15 is 0 Å². The number of aromatic amines is 1. The van der Waals surface area contributed by atoms with E-state index in [0.29, 0.717) is 6.42 Å². The highest BCUT2D eigenvalue weighted by Gasteiger charge is 2.18. The van der Waals surface area contributed by atoms with Crippen LogP contribution in [0.25, 0.3) is 0 Å². The van der Waals surface area contributed by atoms with Crippen LogP contribution in [-0.4, -0.2) is 33.7 Å². The zero-order valence-electron chi connectivity index (χ0n) is 11.4. The van der Waals surface area contributed by atoms with E-state index in [-0.39, 0.29) is 11.7 Å². The summed E-state index contributed by atoms with van der Waals surface area (Å²) in [5.41, 5.74) is 6.48. The summed E-state index contributed by atoms with van der Waals surface area (Å²) in [6, 6.07) is -1.18. The Balaban J connectivity index is 0.00000137. The van der Waals surface area contributed by atoms with Crippen molar-refractivity contribution >= 4 is 11.7 Å². The van der Waals surface area contributed by atoms with Gasteiger partial charge in [-0.05, 0) is 13.8 Å². The van der Waals surface area contributed by atoms with Crippen LogP contribution in [0.5, 0.6) is 0 Å². The Morgan fingerprint density at radius 1 is 1.50 bits per heavy atom. The first-order chi connectivity index (χ1) is 8.50. The molecule has 0 aliphatic carbocycles. The van der Waals surface area contributed by atoms with E-state index in [9.17, 15) is 9.59 Å². The highest BCUT2D eigenvalue weighted by molar-refractivity contribution is 5.89. The first-order valence-corrected chi connectivity index (χ1v) is 6.04. The molecule has 4 N–H and O–H groups in total. The van der Waals surface area contributed by atoms with Crippen molar-refractivity contribution in [3.63, 3.8) is 0 Å². The number of H-pyrrole nitrogens is 1. The van der Waals surface area contributed by atoms with Crippen LogP contribution in [0.15, 0.2) is 12.5 Å². The fourth-order valence-electron chi connectivity index (χ4n) is 1.15. The summed E-state index contributed by atoms with van der Waals surface area (Å²) in [4.78, 5) is 29.2. The number of Topliss-reactive ketones (excluding diaryl/α,β-unsaturated/α-hetero) is 1. The number of ketones is 1. The van der Waals surface area contributed by atoms with Crippen molar-refractivity contribution in [2.45, 2.75) is 46.2 Å². The summed E-state index contributed by atoms with van der Waals surface area (Å²) >= 11 is 0. The average Bonchev–Trinajstić information content (AvgIpc) is 2.84. The number of imidazole rings is 1. The van der Waals surface area contributed by atoms with Crippen LogP contribution in [0.2, 0.25) is 0 Å². The molecule has 0 aromatic carbocycles. The monoisotopic (exact) mass is 254 g/mol. The number of nitrogens with zero attached hydrogens (tertiary/aromatic N) is 1. The van der Waals surface area contributed by atoms with Gasteiger partial charge in [-0.3, -0.25) is 9.59 Å². The lowest BCUT2D eigenvalue weighted by Crippen LogP contribution is -2.47. The van der Waals surface area contributed by atoms with Crippen LogP contribution in [0.1, 0.15) is 33.4 Å². The Hall–Kier alpha value is -1.69. The molecule has 1 aromatic rings. The molecule has 1 amide bonds. The van der Waals surface area contributed by atoms with Gasteiger partial charge >= 0.3 is 0 Å². The first-order valence-electron chi connectivity index (χ1n) is 6.04. The summed E-state index contributed by atoms with van der Waals surface area (Å²) < 4.78 is 0. The molecule has 0 saturated heterocycles. The highest BCUT2D eigenvalue weighted by Crippen LogP contribution is 1.97. The number of rotatable bonds is 5. The molecule has 0 radical (unpaired) electrons. The number of hydrogen-bond acceptors (Lipinski definition) is 4. The van der Waals surface area contributed by atoms with Crippen molar-refractivity contribution in [1.29, 1.82) is 0 Å². The summed E-state index contributed by atoms with van der Waals surface area (Å²) in [6.07, 6.45) is 3.51. The molecule has 0 aliphatic heterocycles. The second kappa shape index (κ2) is 8.41. The van der Waals surface area contributed by atoms with Gasteiger partial charge in [0.25, 0.3) is 0 Å². The zero-order valence-corrected chi connectivity index (χ0v) is 11.4. The predicted octanol–water partition coefficient (Wildman–Crippen LogP) is 0.399. The van der Waals surface area contributed by atoms with Gasteiger partial charge in [0.1, 0.15) is 0 Å². The van der Waals surface area contributed by atoms with E-state index in [0.717, 1.165) is 5.69 Å². The van der Waals surface area contributed by atoms with Gasteiger partial charge in [0.05, 0.1) is 18.4 Å². The topological polar surface area (TPSA) is 101 Å². The molecule has 2 unspecified atom stereocenters. The third-order valence-corrected chi connectivity index (χ3v) is 2.30. The number of carbonyl (C=O) groups is 2. The maximum atomic E-state index is 11.6.